The molecule has 0 unspecified atom stereocenters. The first kappa shape index (κ1) is 23.8. The molecule has 0 atom stereocenters. The van der Waals surface area contributed by atoms with Crippen molar-refractivity contribution in [2.45, 2.75) is 13.8 Å². The molecule has 0 bridgehead atoms. The van der Waals surface area contributed by atoms with Crippen LogP contribution in [0.3, 0.4) is 0 Å². The Hall–Kier alpha value is -3.84. The number of amides is 3. The number of para-hydroxylation sites is 2. The summed E-state index contributed by atoms with van der Waals surface area (Å²) in [6, 6.07) is 19.2. The number of carbonyl (C=O) groups is 3. The number of aryl methyl sites for hydroxylation is 2. The normalized spacial score (nSPS) is 10.3. The van der Waals surface area contributed by atoms with E-state index in [1.54, 1.807) is 30.3 Å². The molecule has 3 amide bonds. The fourth-order valence-electron chi connectivity index (χ4n) is 3.09. The number of carbonyl (C=O) groups excluding carboxylic acids is 3. The van der Waals surface area contributed by atoms with E-state index in [2.05, 4.69) is 16.0 Å². The monoisotopic (exact) mass is 465 g/mol. The lowest BCUT2D eigenvalue weighted by atomic mass is 10.1. The van der Waals surface area contributed by atoms with Gasteiger partial charge < -0.3 is 20.7 Å². The molecular weight excluding hydrogens is 442 g/mol. The van der Waals surface area contributed by atoms with Crippen molar-refractivity contribution in [2.75, 3.05) is 23.8 Å². The number of ether oxygens (including phenoxy) is 1. The van der Waals surface area contributed by atoms with Gasteiger partial charge in [0.05, 0.1) is 12.1 Å². The predicted molar refractivity (Wildman–Crippen MR) is 129 cm³/mol. The Labute approximate surface area is 197 Å². The lowest BCUT2D eigenvalue weighted by Gasteiger charge is -2.13. The largest absolute Gasteiger partial charge is 0.483 e. The van der Waals surface area contributed by atoms with E-state index in [0.29, 0.717) is 10.7 Å². The van der Waals surface area contributed by atoms with Gasteiger partial charge in [-0.15, -0.1) is 0 Å². The molecule has 3 N–H and O–H groups in total. The van der Waals surface area contributed by atoms with Gasteiger partial charge in [-0.2, -0.15) is 0 Å². The van der Waals surface area contributed by atoms with E-state index in [0.717, 1.165) is 16.8 Å². The van der Waals surface area contributed by atoms with E-state index < -0.39 is 11.8 Å². The van der Waals surface area contributed by atoms with Crippen LogP contribution in [0.2, 0.25) is 5.02 Å². The zero-order valence-electron chi connectivity index (χ0n) is 18.3. The maximum Gasteiger partial charge on any atom is 0.259 e. The molecule has 0 aliphatic rings. The minimum absolute atomic E-state index is 0.187. The zero-order valence-corrected chi connectivity index (χ0v) is 19.0. The summed E-state index contributed by atoms with van der Waals surface area (Å²) in [5.74, 6) is -1.08. The second kappa shape index (κ2) is 11.2. The highest BCUT2D eigenvalue weighted by Gasteiger charge is 2.16. The van der Waals surface area contributed by atoms with Crippen molar-refractivity contribution in [2.24, 2.45) is 0 Å². The predicted octanol–water partition coefficient (Wildman–Crippen LogP) is 4.34. The summed E-state index contributed by atoms with van der Waals surface area (Å²) in [7, 11) is 0. The molecule has 170 valence electrons. The minimum atomic E-state index is -0.504. The van der Waals surface area contributed by atoms with Gasteiger partial charge in [-0.05, 0) is 55.3 Å². The highest BCUT2D eigenvalue weighted by Crippen LogP contribution is 2.24. The van der Waals surface area contributed by atoms with Gasteiger partial charge in [0.15, 0.2) is 6.61 Å². The van der Waals surface area contributed by atoms with Crippen molar-refractivity contribution in [3.05, 3.63) is 88.4 Å². The average Bonchev–Trinajstić information content (AvgIpc) is 2.80. The quantitative estimate of drug-likeness (QED) is 0.461. The van der Waals surface area contributed by atoms with Gasteiger partial charge in [0.1, 0.15) is 5.75 Å². The molecule has 3 aromatic rings. The van der Waals surface area contributed by atoms with Gasteiger partial charge >= 0.3 is 0 Å². The van der Waals surface area contributed by atoms with Gasteiger partial charge in [-0.25, -0.2) is 0 Å². The molecule has 0 aliphatic carbocycles. The second-order valence-corrected chi connectivity index (χ2v) is 7.78. The smallest absolute Gasteiger partial charge is 0.259 e. The van der Waals surface area contributed by atoms with Crippen LogP contribution in [0, 0.1) is 13.8 Å². The van der Waals surface area contributed by atoms with E-state index >= 15 is 0 Å². The summed E-state index contributed by atoms with van der Waals surface area (Å²) in [4.78, 5) is 37.1. The van der Waals surface area contributed by atoms with Crippen molar-refractivity contribution in [1.82, 2.24) is 5.32 Å². The number of nitrogens with one attached hydrogen (secondary N) is 3. The summed E-state index contributed by atoms with van der Waals surface area (Å²) in [5, 5.41) is 8.42. The topological polar surface area (TPSA) is 96.5 Å². The van der Waals surface area contributed by atoms with Crippen LogP contribution >= 0.6 is 11.6 Å². The summed E-state index contributed by atoms with van der Waals surface area (Å²) >= 11 is 6.04. The van der Waals surface area contributed by atoms with Gasteiger partial charge in [0, 0.05) is 16.4 Å². The molecule has 7 nitrogen and oxygen atoms in total. The van der Waals surface area contributed by atoms with Gasteiger partial charge in [0.25, 0.3) is 11.8 Å². The minimum Gasteiger partial charge on any atom is -0.483 e. The Morgan fingerprint density at radius 1 is 0.848 bits per heavy atom. The van der Waals surface area contributed by atoms with E-state index in [9.17, 15) is 14.4 Å². The number of halogens is 1. The lowest BCUT2D eigenvalue weighted by molar-refractivity contribution is -0.125. The third kappa shape index (κ3) is 6.82. The van der Waals surface area contributed by atoms with Crippen LogP contribution in [0.4, 0.5) is 11.4 Å². The van der Waals surface area contributed by atoms with Crippen LogP contribution in [0.5, 0.6) is 5.75 Å². The lowest BCUT2D eigenvalue weighted by Crippen LogP contribution is -2.36. The van der Waals surface area contributed by atoms with Crippen LogP contribution in [-0.4, -0.2) is 30.9 Å². The summed E-state index contributed by atoms with van der Waals surface area (Å²) in [6.45, 7) is 3.21. The van der Waals surface area contributed by atoms with Crippen molar-refractivity contribution in [1.29, 1.82) is 0 Å². The summed E-state index contributed by atoms with van der Waals surface area (Å²) < 4.78 is 5.54. The summed E-state index contributed by atoms with van der Waals surface area (Å²) in [5.41, 5.74) is 3.39. The Bertz CT molecular complexity index is 1150. The Morgan fingerprint density at radius 3 is 2.24 bits per heavy atom. The first-order valence-corrected chi connectivity index (χ1v) is 10.6. The molecular formula is C25H24ClN3O4. The number of benzene rings is 3. The molecule has 0 saturated carbocycles. The third-order valence-corrected chi connectivity index (χ3v) is 5.00. The summed E-state index contributed by atoms with van der Waals surface area (Å²) in [6.07, 6.45) is 0. The van der Waals surface area contributed by atoms with Crippen molar-refractivity contribution >= 4 is 40.7 Å². The number of hydrogen-bond donors (Lipinski definition) is 3. The zero-order chi connectivity index (χ0) is 23.8. The molecule has 3 rings (SSSR count). The fourth-order valence-corrected chi connectivity index (χ4v) is 3.27. The first-order valence-electron chi connectivity index (χ1n) is 10.2. The van der Waals surface area contributed by atoms with Gasteiger partial charge in [-0.3, -0.25) is 14.4 Å². The van der Waals surface area contributed by atoms with Crippen molar-refractivity contribution < 1.29 is 19.1 Å². The van der Waals surface area contributed by atoms with E-state index in [4.69, 9.17) is 16.3 Å². The molecule has 0 fully saturated rings. The van der Waals surface area contributed by atoms with Crippen LogP contribution in [0.15, 0.2) is 66.7 Å². The van der Waals surface area contributed by atoms with Crippen LogP contribution in [0.25, 0.3) is 0 Å². The Kier molecular flexibility index (Phi) is 8.05. The molecule has 0 aliphatic heterocycles. The molecule has 0 saturated heterocycles. The molecule has 0 aromatic heterocycles. The number of anilines is 2. The molecule has 33 heavy (non-hydrogen) atoms. The molecule has 3 aromatic carbocycles. The SMILES string of the molecule is Cc1cccc(C)c1NC(=O)CNC(=O)COc1ccc(Cl)cc1C(=O)Nc1ccccc1. The highest BCUT2D eigenvalue weighted by atomic mass is 35.5. The van der Waals surface area contributed by atoms with Crippen molar-refractivity contribution in [3.63, 3.8) is 0 Å². The molecule has 0 radical (unpaired) electrons. The number of hydrogen-bond acceptors (Lipinski definition) is 4. The van der Waals surface area contributed by atoms with E-state index in [1.165, 1.54) is 12.1 Å². The average molecular weight is 466 g/mol. The highest BCUT2D eigenvalue weighted by molar-refractivity contribution is 6.31. The third-order valence-electron chi connectivity index (χ3n) is 4.77. The van der Waals surface area contributed by atoms with Gasteiger partial charge in [-0.1, -0.05) is 48.0 Å². The number of rotatable bonds is 8. The standard InChI is InChI=1S/C25H24ClN3O4/c1-16-7-6-8-17(2)24(16)29-22(30)14-27-23(31)15-33-21-12-11-18(26)13-20(21)25(32)28-19-9-4-3-5-10-19/h3-13H,14-15H2,1-2H3,(H,27,31)(H,28,32)(H,29,30). The Balaban J connectivity index is 1.55. The Morgan fingerprint density at radius 2 is 1.55 bits per heavy atom. The van der Waals surface area contributed by atoms with E-state index in [1.807, 2.05) is 38.1 Å². The maximum absolute atomic E-state index is 12.7. The van der Waals surface area contributed by atoms with E-state index in [-0.39, 0.29) is 30.4 Å². The molecule has 0 heterocycles. The molecule has 0 spiro atoms. The van der Waals surface area contributed by atoms with Crippen LogP contribution < -0.4 is 20.7 Å². The maximum atomic E-state index is 12.7. The first-order chi connectivity index (χ1) is 15.8. The fraction of sp³-hybridized carbons (Fsp3) is 0.160. The molecule has 8 heteroatoms. The second-order valence-electron chi connectivity index (χ2n) is 7.34. The van der Waals surface area contributed by atoms with Crippen LogP contribution in [0.1, 0.15) is 21.5 Å². The van der Waals surface area contributed by atoms with Gasteiger partial charge in [0.2, 0.25) is 5.91 Å². The van der Waals surface area contributed by atoms with Crippen LogP contribution in [-0.2, 0) is 9.59 Å². The van der Waals surface area contributed by atoms with Crippen molar-refractivity contribution in [3.8, 4) is 5.75 Å².